The van der Waals surface area contributed by atoms with Gasteiger partial charge in [0.15, 0.2) is 0 Å². The van der Waals surface area contributed by atoms with Crippen molar-refractivity contribution in [3.8, 4) is 33.4 Å². The summed E-state index contributed by atoms with van der Waals surface area (Å²) in [6.45, 7) is 0. The van der Waals surface area contributed by atoms with Crippen molar-refractivity contribution < 1.29 is 24.2 Å². The molecule has 0 spiro atoms. The average Bonchev–Trinajstić information content (AvgIpc) is 3.60. The van der Waals surface area contributed by atoms with Gasteiger partial charge in [0.1, 0.15) is 0 Å². The zero-order chi connectivity index (χ0) is 23.9. The van der Waals surface area contributed by atoms with E-state index in [1.807, 2.05) is 12.2 Å². The fourth-order valence-corrected chi connectivity index (χ4v) is 5.28. The summed E-state index contributed by atoms with van der Waals surface area (Å²) in [6, 6.07) is 36.0. The average molecular weight is 528 g/mol. The maximum Gasteiger partial charge on any atom is -0.0181 e. The summed E-state index contributed by atoms with van der Waals surface area (Å²) < 4.78 is 1.78. The van der Waals surface area contributed by atoms with Gasteiger partial charge < -0.3 is 0 Å². The van der Waals surface area contributed by atoms with Crippen molar-refractivity contribution in [2.45, 2.75) is 32.1 Å². The van der Waals surface area contributed by atoms with E-state index < -0.39 is 0 Å². The van der Waals surface area contributed by atoms with Gasteiger partial charge in [0, 0.05) is 0 Å². The summed E-state index contributed by atoms with van der Waals surface area (Å²) in [7, 11) is 0. The number of hydrogen-bond donors (Lipinski definition) is 0. The van der Waals surface area contributed by atoms with Crippen LogP contribution in [0.15, 0.2) is 109 Å². The molecule has 0 amide bonds. The Morgan fingerprint density at radius 2 is 1.37 bits per heavy atom. The van der Waals surface area contributed by atoms with Gasteiger partial charge in [0.25, 0.3) is 0 Å². The number of fused-ring (bicyclic) bond motifs is 3. The molecule has 3 aliphatic carbocycles. The van der Waals surface area contributed by atoms with Crippen LogP contribution in [0.3, 0.4) is 0 Å². The van der Waals surface area contributed by atoms with E-state index >= 15 is 0 Å². The molecule has 0 bridgehead atoms. The fourth-order valence-electron chi connectivity index (χ4n) is 4.41. The van der Waals surface area contributed by atoms with Crippen molar-refractivity contribution in [2.24, 2.45) is 0 Å². The van der Waals surface area contributed by atoms with Crippen LogP contribution < -0.4 is 0 Å². The Morgan fingerprint density at radius 3 is 1.94 bits per heavy atom. The molecule has 1 heteroatoms. The standard InChI is InChI=1S/C25H17.C5H5.C4H6.Zr/c1-3-7-18(8-4-1)20-11-13-24-22(15-20)17-23-16-21(12-14-25(23)24)19-9-5-2-6-10-19;1-2-4-5-3-1;1-2-4-3-1;/h1-15H,17H2;1-3H,4H2;1-3H2;/q2*-1;;+2. The van der Waals surface area contributed by atoms with E-state index in [0.29, 0.717) is 0 Å². The first kappa shape index (κ1) is 23.8. The number of rotatable bonds is 2. The van der Waals surface area contributed by atoms with Gasteiger partial charge in [-0.05, 0) is 23.1 Å². The van der Waals surface area contributed by atoms with Crippen LogP contribution in [0.2, 0.25) is 0 Å². The minimum atomic E-state index is 0.964. The Hall–Kier alpha value is -2.89. The SMILES string of the molecule is [C-]1=CC=CC1.[Zr+2]=[C]1CCC1.[c-]1c(-c2ccccc2)ccc2c1Cc1cc(-c3ccccc3)ccc1-2. The van der Waals surface area contributed by atoms with Gasteiger partial charge in [-0.15, -0.1) is 35.7 Å². The maximum atomic E-state index is 3.65. The van der Waals surface area contributed by atoms with Gasteiger partial charge in [-0.1, -0.05) is 95.6 Å². The first-order valence-corrected chi connectivity index (χ1v) is 13.6. The summed E-state index contributed by atoms with van der Waals surface area (Å²) >= 11 is 1.67. The van der Waals surface area contributed by atoms with Crippen LogP contribution in [-0.2, 0) is 30.7 Å². The third kappa shape index (κ3) is 6.03. The third-order valence-corrected chi connectivity index (χ3v) is 7.75. The van der Waals surface area contributed by atoms with E-state index in [1.54, 1.807) is 27.4 Å². The van der Waals surface area contributed by atoms with E-state index in [-0.39, 0.29) is 0 Å². The molecule has 0 radical (unpaired) electrons. The molecule has 4 aromatic rings. The van der Waals surface area contributed by atoms with Gasteiger partial charge >= 0.3 is 46.7 Å². The Kier molecular flexibility index (Phi) is 7.97. The van der Waals surface area contributed by atoms with Crippen molar-refractivity contribution in [3.63, 3.8) is 0 Å². The zero-order valence-corrected chi connectivity index (χ0v) is 22.4. The first-order valence-electron chi connectivity index (χ1n) is 12.4. The van der Waals surface area contributed by atoms with Crippen LogP contribution in [0.4, 0.5) is 0 Å². The molecular weight excluding hydrogens is 500 g/mol. The van der Waals surface area contributed by atoms with Gasteiger partial charge in [0.05, 0.1) is 0 Å². The molecule has 7 rings (SSSR count). The summed E-state index contributed by atoms with van der Waals surface area (Å²) in [6.07, 6.45) is 15.3. The molecule has 0 unspecified atom stereocenters. The number of hydrogen-bond acceptors (Lipinski definition) is 0. The van der Waals surface area contributed by atoms with Gasteiger partial charge in [0.2, 0.25) is 0 Å². The van der Waals surface area contributed by atoms with Crippen LogP contribution in [0.25, 0.3) is 33.4 Å². The largest absolute Gasteiger partial charge is 0.143 e. The summed E-state index contributed by atoms with van der Waals surface area (Å²) in [4.78, 5) is 0. The molecule has 4 aromatic carbocycles. The second-order valence-electron chi connectivity index (χ2n) is 9.01. The number of allylic oxidation sites excluding steroid dienone is 4. The molecule has 1 saturated carbocycles. The van der Waals surface area contributed by atoms with Crippen LogP contribution in [-0.4, -0.2) is 3.21 Å². The second kappa shape index (κ2) is 11.7. The number of benzene rings is 4. The van der Waals surface area contributed by atoms with Crippen molar-refractivity contribution in [2.75, 3.05) is 0 Å². The summed E-state index contributed by atoms with van der Waals surface area (Å²) in [5, 5.41) is 0. The van der Waals surface area contributed by atoms with Crippen LogP contribution >= 0.6 is 0 Å². The predicted octanol–water partition coefficient (Wildman–Crippen LogP) is 8.59. The molecular formula is C34H28Zr. The normalized spacial score (nSPS) is 14.2. The molecule has 3 aliphatic rings. The van der Waals surface area contributed by atoms with Crippen molar-refractivity contribution in [1.29, 1.82) is 0 Å². The van der Waals surface area contributed by atoms with Gasteiger partial charge in [-0.2, -0.15) is 6.08 Å². The molecule has 0 N–H and O–H groups in total. The minimum Gasteiger partial charge on any atom is -0.143 e. The van der Waals surface area contributed by atoms with E-state index in [4.69, 9.17) is 0 Å². The first-order chi connectivity index (χ1) is 17.3. The van der Waals surface area contributed by atoms with Crippen molar-refractivity contribution in [3.05, 3.63) is 132 Å². The molecule has 0 nitrogen and oxygen atoms in total. The Bertz CT molecular complexity index is 1260. The smallest absolute Gasteiger partial charge is 0.0181 e. The predicted molar refractivity (Wildman–Crippen MR) is 145 cm³/mol. The zero-order valence-electron chi connectivity index (χ0n) is 19.9. The Labute approximate surface area is 224 Å². The monoisotopic (exact) mass is 526 g/mol. The fraction of sp³-hybridized carbons (Fsp3) is 0.147. The molecule has 35 heavy (non-hydrogen) atoms. The third-order valence-electron chi connectivity index (χ3n) is 6.52. The Balaban J connectivity index is 0.000000210. The van der Waals surface area contributed by atoms with Crippen molar-refractivity contribution >= 4 is 3.21 Å². The molecule has 168 valence electrons. The quantitative estimate of drug-likeness (QED) is 0.202. The molecule has 1 fully saturated rings. The van der Waals surface area contributed by atoms with E-state index in [0.717, 1.165) is 12.8 Å². The summed E-state index contributed by atoms with van der Waals surface area (Å²) in [5.74, 6) is 0. The second-order valence-corrected chi connectivity index (χ2v) is 10.7. The molecule has 0 aliphatic heterocycles. The van der Waals surface area contributed by atoms with E-state index in [9.17, 15) is 0 Å². The summed E-state index contributed by atoms with van der Waals surface area (Å²) in [5.41, 5.74) is 10.4. The topological polar surface area (TPSA) is 0 Å². The van der Waals surface area contributed by atoms with Crippen LogP contribution in [0, 0.1) is 12.1 Å². The Morgan fingerprint density at radius 1 is 0.686 bits per heavy atom. The van der Waals surface area contributed by atoms with Crippen LogP contribution in [0.5, 0.6) is 0 Å². The van der Waals surface area contributed by atoms with E-state index in [1.165, 1.54) is 63.8 Å². The maximum absolute atomic E-state index is 3.65. The van der Waals surface area contributed by atoms with E-state index in [2.05, 4.69) is 109 Å². The van der Waals surface area contributed by atoms with Crippen LogP contribution in [0.1, 0.15) is 36.8 Å². The molecule has 0 heterocycles. The molecule has 0 aromatic heterocycles. The molecule has 0 saturated heterocycles. The molecule has 0 atom stereocenters. The minimum absolute atomic E-state index is 0.964. The van der Waals surface area contributed by atoms with Gasteiger partial charge in [-0.25, -0.2) is 12.2 Å². The van der Waals surface area contributed by atoms with Crippen molar-refractivity contribution in [1.82, 2.24) is 0 Å². The van der Waals surface area contributed by atoms with Gasteiger partial charge in [-0.3, -0.25) is 6.08 Å².